The Labute approximate surface area is 183 Å². The quantitative estimate of drug-likeness (QED) is 0.394. The molecule has 4 aromatic rings. The first kappa shape index (κ1) is 21.1. The normalized spacial score (nSPS) is 11.5. The van der Waals surface area contributed by atoms with Crippen molar-refractivity contribution in [3.63, 3.8) is 0 Å². The van der Waals surface area contributed by atoms with E-state index < -0.39 is 27.3 Å². The molecule has 1 aromatic heterocycles. The number of carbonyl (C=O) groups is 1. The number of amides is 1. The van der Waals surface area contributed by atoms with Crippen LogP contribution in [0.1, 0.15) is 11.1 Å². The molecule has 0 bridgehead atoms. The minimum atomic E-state index is -3.94. The van der Waals surface area contributed by atoms with E-state index in [1.165, 1.54) is 28.4 Å². The Kier molecular flexibility index (Phi) is 5.84. The fraction of sp³-hybridized carbons (Fsp3) is 0.130. The Bertz CT molecular complexity index is 1330. The van der Waals surface area contributed by atoms with Gasteiger partial charge in [0.05, 0.1) is 21.7 Å². The number of aromatic nitrogens is 1. The van der Waals surface area contributed by atoms with Gasteiger partial charge in [-0.3, -0.25) is 9.69 Å². The number of benzene rings is 3. The van der Waals surface area contributed by atoms with Gasteiger partial charge in [0.2, 0.25) is 5.91 Å². The standard InChI is InChI=1S/C23H19FN2O3S2/c1-16-7-12-20-21(13-16)30-23(25-20)26(14-17-5-3-2-4-6-17)22(27)15-31(28,29)19-10-8-18(24)9-11-19/h2-13H,14-15H2,1H3. The maximum atomic E-state index is 13.2. The molecule has 0 aliphatic carbocycles. The van der Waals surface area contributed by atoms with Crippen LogP contribution < -0.4 is 4.90 Å². The lowest BCUT2D eigenvalue weighted by Crippen LogP contribution is -2.35. The molecule has 31 heavy (non-hydrogen) atoms. The van der Waals surface area contributed by atoms with Crippen LogP contribution in [0.15, 0.2) is 77.7 Å². The Morgan fingerprint density at radius 2 is 1.74 bits per heavy atom. The van der Waals surface area contributed by atoms with Crippen molar-refractivity contribution < 1.29 is 17.6 Å². The molecule has 158 valence electrons. The number of fused-ring (bicyclic) bond motifs is 1. The molecule has 0 aliphatic rings. The molecule has 0 unspecified atom stereocenters. The summed E-state index contributed by atoms with van der Waals surface area (Å²) in [7, 11) is -3.94. The van der Waals surface area contributed by atoms with Crippen molar-refractivity contribution in [3.8, 4) is 0 Å². The van der Waals surface area contributed by atoms with E-state index in [0.717, 1.165) is 33.5 Å². The van der Waals surface area contributed by atoms with Crippen molar-refractivity contribution in [3.05, 3.63) is 89.7 Å². The summed E-state index contributed by atoms with van der Waals surface area (Å²) in [5.41, 5.74) is 2.67. The number of aryl methyl sites for hydroxylation is 1. The summed E-state index contributed by atoms with van der Waals surface area (Å²) in [4.78, 5) is 19.1. The summed E-state index contributed by atoms with van der Waals surface area (Å²) in [5.74, 6) is -1.87. The van der Waals surface area contributed by atoms with Crippen LogP contribution in [-0.2, 0) is 21.2 Å². The highest BCUT2D eigenvalue weighted by atomic mass is 32.2. The van der Waals surface area contributed by atoms with E-state index in [1.54, 1.807) is 0 Å². The Morgan fingerprint density at radius 1 is 1.03 bits per heavy atom. The van der Waals surface area contributed by atoms with Gasteiger partial charge < -0.3 is 0 Å². The number of rotatable bonds is 6. The second-order valence-corrected chi connectivity index (χ2v) is 10.1. The Morgan fingerprint density at radius 3 is 2.45 bits per heavy atom. The highest BCUT2D eigenvalue weighted by Crippen LogP contribution is 2.31. The summed E-state index contributed by atoms with van der Waals surface area (Å²) in [6.45, 7) is 2.17. The first-order valence-electron chi connectivity index (χ1n) is 9.52. The summed E-state index contributed by atoms with van der Waals surface area (Å²) < 4.78 is 39.6. The number of carbonyl (C=O) groups excluding carboxylic acids is 1. The van der Waals surface area contributed by atoms with Crippen LogP contribution in [0.3, 0.4) is 0 Å². The smallest absolute Gasteiger partial charge is 0.244 e. The molecule has 8 heteroatoms. The lowest BCUT2D eigenvalue weighted by atomic mass is 10.2. The average Bonchev–Trinajstić information content (AvgIpc) is 3.15. The van der Waals surface area contributed by atoms with Gasteiger partial charge in [-0.05, 0) is 54.4 Å². The Balaban J connectivity index is 1.69. The van der Waals surface area contributed by atoms with Crippen molar-refractivity contribution in [2.24, 2.45) is 0 Å². The SMILES string of the molecule is Cc1ccc2nc(N(Cc3ccccc3)C(=O)CS(=O)(=O)c3ccc(F)cc3)sc2c1. The molecule has 1 amide bonds. The zero-order valence-electron chi connectivity index (χ0n) is 16.7. The number of nitrogens with zero attached hydrogens (tertiary/aromatic N) is 2. The van der Waals surface area contributed by atoms with Crippen molar-refractivity contribution in [2.75, 3.05) is 10.7 Å². The summed E-state index contributed by atoms with van der Waals surface area (Å²) >= 11 is 1.34. The molecule has 0 N–H and O–H groups in total. The van der Waals surface area contributed by atoms with Gasteiger partial charge in [-0.1, -0.05) is 47.7 Å². The van der Waals surface area contributed by atoms with Gasteiger partial charge in [0, 0.05) is 0 Å². The van der Waals surface area contributed by atoms with Crippen LogP contribution >= 0.6 is 11.3 Å². The van der Waals surface area contributed by atoms with Gasteiger partial charge in [-0.25, -0.2) is 17.8 Å². The van der Waals surface area contributed by atoms with Gasteiger partial charge >= 0.3 is 0 Å². The van der Waals surface area contributed by atoms with E-state index in [1.807, 2.05) is 55.5 Å². The van der Waals surface area contributed by atoms with E-state index in [0.29, 0.717) is 5.13 Å². The molecular weight excluding hydrogens is 435 g/mol. The number of sulfone groups is 1. The second kappa shape index (κ2) is 8.56. The van der Waals surface area contributed by atoms with E-state index in [-0.39, 0.29) is 11.4 Å². The molecule has 0 fully saturated rings. The van der Waals surface area contributed by atoms with E-state index in [9.17, 15) is 17.6 Å². The maximum absolute atomic E-state index is 13.2. The Hall–Kier alpha value is -3.10. The zero-order valence-corrected chi connectivity index (χ0v) is 18.3. The molecule has 0 aliphatic heterocycles. The van der Waals surface area contributed by atoms with Crippen molar-refractivity contribution in [1.29, 1.82) is 0 Å². The van der Waals surface area contributed by atoms with Gasteiger partial charge in [0.1, 0.15) is 11.6 Å². The van der Waals surface area contributed by atoms with Crippen molar-refractivity contribution in [2.45, 2.75) is 18.4 Å². The molecule has 0 atom stereocenters. The minimum Gasteiger partial charge on any atom is -0.283 e. The van der Waals surface area contributed by atoms with E-state index >= 15 is 0 Å². The van der Waals surface area contributed by atoms with Crippen LogP contribution in [-0.4, -0.2) is 25.1 Å². The van der Waals surface area contributed by atoms with Crippen LogP contribution in [0.5, 0.6) is 0 Å². The van der Waals surface area contributed by atoms with Crippen LogP contribution in [0.25, 0.3) is 10.2 Å². The first-order valence-corrected chi connectivity index (χ1v) is 12.0. The molecule has 0 saturated carbocycles. The lowest BCUT2D eigenvalue weighted by Gasteiger charge is -2.20. The van der Waals surface area contributed by atoms with Crippen molar-refractivity contribution in [1.82, 2.24) is 4.98 Å². The van der Waals surface area contributed by atoms with Gasteiger partial charge in [-0.2, -0.15) is 0 Å². The van der Waals surface area contributed by atoms with Crippen LogP contribution in [0.4, 0.5) is 9.52 Å². The largest absolute Gasteiger partial charge is 0.283 e. The maximum Gasteiger partial charge on any atom is 0.244 e. The molecule has 0 spiro atoms. The summed E-state index contributed by atoms with van der Waals surface area (Å²) in [5, 5.41) is 0.434. The third-order valence-corrected chi connectivity index (χ3v) is 7.39. The molecule has 1 heterocycles. The summed E-state index contributed by atoms with van der Waals surface area (Å²) in [6.07, 6.45) is 0. The van der Waals surface area contributed by atoms with Crippen LogP contribution in [0, 0.1) is 12.7 Å². The average molecular weight is 455 g/mol. The fourth-order valence-corrected chi connectivity index (χ4v) is 5.41. The van der Waals surface area contributed by atoms with E-state index in [4.69, 9.17) is 0 Å². The van der Waals surface area contributed by atoms with Crippen LogP contribution in [0.2, 0.25) is 0 Å². The molecular formula is C23H19FN2O3S2. The van der Waals surface area contributed by atoms with Gasteiger partial charge in [0.15, 0.2) is 15.0 Å². The monoisotopic (exact) mass is 454 g/mol. The fourth-order valence-electron chi connectivity index (χ4n) is 3.13. The third kappa shape index (κ3) is 4.81. The minimum absolute atomic E-state index is 0.0955. The molecule has 5 nitrogen and oxygen atoms in total. The molecule has 0 radical (unpaired) electrons. The molecule has 3 aromatic carbocycles. The lowest BCUT2D eigenvalue weighted by molar-refractivity contribution is -0.116. The molecule has 4 rings (SSSR count). The highest BCUT2D eigenvalue weighted by molar-refractivity contribution is 7.92. The number of hydrogen-bond acceptors (Lipinski definition) is 5. The number of hydrogen-bond donors (Lipinski definition) is 0. The van der Waals surface area contributed by atoms with Crippen molar-refractivity contribution >= 4 is 42.4 Å². The number of halogens is 1. The first-order chi connectivity index (χ1) is 14.8. The van der Waals surface area contributed by atoms with Gasteiger partial charge in [-0.15, -0.1) is 0 Å². The third-order valence-electron chi connectivity index (χ3n) is 4.73. The predicted octanol–water partition coefficient (Wildman–Crippen LogP) is 4.75. The summed E-state index contributed by atoms with van der Waals surface area (Å²) in [6, 6.07) is 19.6. The van der Waals surface area contributed by atoms with Gasteiger partial charge in [0.25, 0.3) is 0 Å². The topological polar surface area (TPSA) is 67.3 Å². The number of thiazole rings is 1. The highest BCUT2D eigenvalue weighted by Gasteiger charge is 2.27. The predicted molar refractivity (Wildman–Crippen MR) is 120 cm³/mol. The zero-order chi connectivity index (χ0) is 22.0. The van der Waals surface area contributed by atoms with E-state index in [2.05, 4.69) is 4.98 Å². The number of anilines is 1. The second-order valence-electron chi connectivity index (χ2n) is 7.15. The molecule has 0 saturated heterocycles.